The van der Waals surface area contributed by atoms with Gasteiger partial charge in [0.15, 0.2) is 0 Å². The average Bonchev–Trinajstić information content (AvgIpc) is 2.99. The summed E-state index contributed by atoms with van der Waals surface area (Å²) in [5, 5.41) is 5.50. The van der Waals surface area contributed by atoms with Gasteiger partial charge in [0.1, 0.15) is 5.82 Å². The fraction of sp³-hybridized carbons (Fsp3) is 0.200. The number of amides is 1. The number of hydrogen-bond acceptors (Lipinski definition) is 3. The summed E-state index contributed by atoms with van der Waals surface area (Å²) in [6.45, 7) is -2.48. The maximum Gasteiger partial charge on any atom is 0.319 e. The maximum atomic E-state index is 12.7. The molecule has 1 aromatic carbocycles. The van der Waals surface area contributed by atoms with Gasteiger partial charge in [-0.15, -0.1) is 6.42 Å². The molecule has 2 N–H and O–H groups in total. The van der Waals surface area contributed by atoms with Crippen LogP contribution in [0.4, 0.5) is 14.5 Å². The number of halogens is 2. The minimum atomic E-state index is -2.66. The molecule has 0 unspecified atom stereocenters. The van der Waals surface area contributed by atoms with Gasteiger partial charge in [0, 0.05) is 18.1 Å². The van der Waals surface area contributed by atoms with Gasteiger partial charge in [-0.05, 0) is 12.1 Å². The third-order valence-electron chi connectivity index (χ3n) is 2.92. The van der Waals surface area contributed by atoms with E-state index in [9.17, 15) is 13.6 Å². The monoisotopic (exact) mass is 304 g/mol. The van der Waals surface area contributed by atoms with Crippen molar-refractivity contribution >= 4 is 11.6 Å². The lowest BCUT2D eigenvalue weighted by Gasteiger charge is -2.12. The van der Waals surface area contributed by atoms with Crippen LogP contribution in [-0.2, 0) is 6.54 Å². The van der Waals surface area contributed by atoms with Crippen molar-refractivity contribution < 1.29 is 13.6 Å². The van der Waals surface area contributed by atoms with E-state index in [1.807, 2.05) is 0 Å². The largest absolute Gasteiger partial charge is 0.377 e. The van der Waals surface area contributed by atoms with Crippen molar-refractivity contribution in [2.75, 3.05) is 11.9 Å². The summed E-state index contributed by atoms with van der Waals surface area (Å²) in [5.41, 5.74) is 0.897. The van der Waals surface area contributed by atoms with Crippen LogP contribution in [0.2, 0.25) is 0 Å². The minimum Gasteiger partial charge on any atom is -0.377 e. The summed E-state index contributed by atoms with van der Waals surface area (Å²) in [7, 11) is 0. The summed E-state index contributed by atoms with van der Waals surface area (Å²) < 4.78 is 26.2. The van der Waals surface area contributed by atoms with Gasteiger partial charge in [0.2, 0.25) is 0 Å². The molecule has 0 bridgehead atoms. The molecule has 0 aliphatic carbocycles. The van der Waals surface area contributed by atoms with Crippen LogP contribution in [0.15, 0.2) is 36.7 Å². The van der Waals surface area contributed by atoms with Crippen molar-refractivity contribution in [3.05, 3.63) is 48.0 Å². The van der Waals surface area contributed by atoms with E-state index in [4.69, 9.17) is 6.42 Å². The molecule has 2 rings (SSSR count). The molecule has 0 atom stereocenters. The molecule has 7 heteroatoms. The van der Waals surface area contributed by atoms with E-state index >= 15 is 0 Å². The molecule has 0 aliphatic rings. The predicted molar refractivity (Wildman–Crippen MR) is 78.4 cm³/mol. The van der Waals surface area contributed by atoms with Gasteiger partial charge in [0.05, 0.1) is 18.7 Å². The first-order valence-electron chi connectivity index (χ1n) is 6.48. The van der Waals surface area contributed by atoms with Crippen LogP contribution in [0.5, 0.6) is 0 Å². The quantitative estimate of drug-likeness (QED) is 0.805. The van der Waals surface area contributed by atoms with Gasteiger partial charge in [-0.1, -0.05) is 18.1 Å². The summed E-state index contributed by atoms with van der Waals surface area (Å²) >= 11 is 0. The van der Waals surface area contributed by atoms with Crippen LogP contribution in [0.25, 0.3) is 0 Å². The van der Waals surface area contributed by atoms with Crippen LogP contribution in [0, 0.1) is 12.3 Å². The lowest BCUT2D eigenvalue weighted by atomic mass is 10.1. The summed E-state index contributed by atoms with van der Waals surface area (Å²) in [6.07, 6.45) is 7.60. The number of carbonyl (C=O) groups is 1. The smallest absolute Gasteiger partial charge is 0.319 e. The lowest BCUT2D eigenvalue weighted by molar-refractivity contribution is 0.0672. The Labute approximate surface area is 126 Å². The number of carbonyl (C=O) groups excluding carboxylic acids is 1. The molecule has 5 nitrogen and oxygen atoms in total. The lowest BCUT2D eigenvalue weighted by Crippen LogP contribution is -2.24. The number of para-hydroxylation sites is 1. The van der Waals surface area contributed by atoms with Crippen molar-refractivity contribution in [2.24, 2.45) is 0 Å². The first-order valence-corrected chi connectivity index (χ1v) is 6.48. The fourth-order valence-corrected chi connectivity index (χ4v) is 1.89. The number of aromatic nitrogens is 2. The van der Waals surface area contributed by atoms with Gasteiger partial charge in [-0.2, -0.15) is 8.78 Å². The zero-order valence-electron chi connectivity index (χ0n) is 11.6. The Balaban J connectivity index is 2.12. The summed E-state index contributed by atoms with van der Waals surface area (Å²) in [4.78, 5) is 15.8. The van der Waals surface area contributed by atoms with Crippen LogP contribution in [0.3, 0.4) is 0 Å². The zero-order valence-corrected chi connectivity index (χ0v) is 11.6. The molecule has 22 heavy (non-hydrogen) atoms. The van der Waals surface area contributed by atoms with Gasteiger partial charge < -0.3 is 10.6 Å². The highest BCUT2D eigenvalue weighted by molar-refractivity contribution is 5.99. The molecule has 114 valence electrons. The van der Waals surface area contributed by atoms with E-state index in [1.165, 1.54) is 12.4 Å². The molecule has 0 radical (unpaired) electrons. The van der Waals surface area contributed by atoms with Crippen LogP contribution < -0.4 is 10.6 Å². The number of benzene rings is 1. The number of anilines is 1. The van der Waals surface area contributed by atoms with Crippen LogP contribution >= 0.6 is 0 Å². The number of imidazole rings is 1. The van der Waals surface area contributed by atoms with E-state index in [0.29, 0.717) is 11.3 Å². The van der Waals surface area contributed by atoms with Crippen molar-refractivity contribution in [1.82, 2.24) is 14.9 Å². The van der Waals surface area contributed by atoms with Gasteiger partial charge in [0.25, 0.3) is 5.91 Å². The topological polar surface area (TPSA) is 59.0 Å². The Hall–Kier alpha value is -2.88. The van der Waals surface area contributed by atoms with Gasteiger partial charge >= 0.3 is 6.55 Å². The first-order chi connectivity index (χ1) is 10.6. The second-order valence-corrected chi connectivity index (χ2v) is 4.31. The molecular formula is C15H14F2N4O. The highest BCUT2D eigenvalue weighted by Gasteiger charge is 2.13. The third kappa shape index (κ3) is 3.61. The predicted octanol–water partition coefficient (Wildman–Crippen LogP) is 2.25. The molecule has 0 fully saturated rings. The Kier molecular flexibility index (Phi) is 5.09. The molecule has 0 saturated carbocycles. The molecule has 2 aromatic rings. The van der Waals surface area contributed by atoms with Crippen LogP contribution in [0.1, 0.15) is 22.7 Å². The number of nitrogens with one attached hydrogen (secondary N) is 2. The van der Waals surface area contributed by atoms with E-state index < -0.39 is 6.55 Å². The standard InChI is InChI=1S/C15H14F2N4O/c1-2-7-19-14(22)11-5-3-4-6-12(11)20-10-13-18-8-9-21(13)15(16)17/h1,3-6,8-9,15,20H,7,10H2,(H,19,22). The zero-order chi connectivity index (χ0) is 15.9. The molecule has 0 saturated heterocycles. The molecule has 1 heterocycles. The Morgan fingerprint density at radius 3 is 2.91 bits per heavy atom. The molecule has 1 amide bonds. The molecule has 0 aliphatic heterocycles. The van der Waals surface area contributed by atoms with Crippen molar-refractivity contribution in [3.63, 3.8) is 0 Å². The van der Waals surface area contributed by atoms with E-state index in [2.05, 4.69) is 21.5 Å². The van der Waals surface area contributed by atoms with E-state index in [-0.39, 0.29) is 24.8 Å². The fourth-order valence-electron chi connectivity index (χ4n) is 1.89. The normalized spacial score (nSPS) is 10.3. The Bertz CT molecular complexity index is 691. The van der Waals surface area contributed by atoms with Crippen molar-refractivity contribution in [2.45, 2.75) is 13.1 Å². The average molecular weight is 304 g/mol. The number of hydrogen-bond donors (Lipinski definition) is 2. The van der Waals surface area contributed by atoms with Crippen LogP contribution in [-0.4, -0.2) is 22.0 Å². The molecular weight excluding hydrogens is 290 g/mol. The third-order valence-corrected chi connectivity index (χ3v) is 2.92. The van der Waals surface area contributed by atoms with E-state index in [0.717, 1.165) is 4.57 Å². The van der Waals surface area contributed by atoms with Crippen molar-refractivity contribution in [1.29, 1.82) is 0 Å². The number of terminal acetylenes is 1. The number of nitrogens with zero attached hydrogens (tertiary/aromatic N) is 2. The van der Waals surface area contributed by atoms with Gasteiger partial charge in [-0.3, -0.25) is 9.36 Å². The second-order valence-electron chi connectivity index (χ2n) is 4.31. The Morgan fingerprint density at radius 2 is 2.18 bits per heavy atom. The maximum absolute atomic E-state index is 12.7. The summed E-state index contributed by atoms with van der Waals surface area (Å²) in [6, 6.07) is 6.74. The molecule has 0 spiro atoms. The minimum absolute atomic E-state index is 0.0662. The molecule has 1 aromatic heterocycles. The highest BCUT2D eigenvalue weighted by atomic mass is 19.3. The first kappa shape index (κ1) is 15.5. The number of alkyl halides is 2. The van der Waals surface area contributed by atoms with E-state index in [1.54, 1.807) is 24.3 Å². The van der Waals surface area contributed by atoms with Gasteiger partial charge in [-0.25, -0.2) is 4.98 Å². The highest BCUT2D eigenvalue weighted by Crippen LogP contribution is 2.17. The SMILES string of the molecule is C#CCNC(=O)c1ccccc1NCc1nccn1C(F)F. The second kappa shape index (κ2) is 7.22. The van der Waals surface area contributed by atoms with Crippen molar-refractivity contribution in [3.8, 4) is 12.3 Å². The number of rotatable bonds is 6. The summed E-state index contributed by atoms with van der Waals surface area (Å²) in [5.74, 6) is 2.15. The Morgan fingerprint density at radius 1 is 1.41 bits per heavy atom.